The number of esters is 1. The monoisotopic (exact) mass is 412 g/mol. The first-order valence-corrected chi connectivity index (χ1v) is 10.7. The first kappa shape index (κ1) is 20.1. The largest absolute Gasteiger partial charge is 0.451 e. The number of nitrogens with zero attached hydrogens (tertiary/aromatic N) is 2. The minimum absolute atomic E-state index is 0.215. The van der Waals surface area contributed by atoms with Gasteiger partial charge in [0.15, 0.2) is 12.3 Å². The molecule has 0 aliphatic rings. The van der Waals surface area contributed by atoms with Crippen LogP contribution in [0.1, 0.15) is 16.1 Å². The maximum absolute atomic E-state index is 12.3. The number of aromatic nitrogens is 1. The Kier molecular flexibility index (Phi) is 6.84. The Morgan fingerprint density at radius 1 is 1.11 bits per heavy atom. The van der Waals surface area contributed by atoms with Gasteiger partial charge in [-0.3, -0.25) is 4.79 Å². The van der Waals surface area contributed by atoms with Crippen LogP contribution in [0.4, 0.5) is 0 Å². The maximum atomic E-state index is 12.3. The first-order valence-electron chi connectivity index (χ1n) is 8.62. The van der Waals surface area contributed by atoms with Crippen molar-refractivity contribution >= 4 is 35.0 Å². The number of carbonyl (C=O) groups excluding carboxylic acids is 2. The van der Waals surface area contributed by atoms with Crippen molar-refractivity contribution in [1.29, 1.82) is 0 Å². The standard InChI is InChI=1S/C21H20N2O3S2/c1-23(12-15-8-10-17(27-2)11-9-15)19(24)13-26-21(25)18-14-28-20(22-18)16-6-4-3-5-7-16/h3-11,14H,12-13H2,1-2H3. The van der Waals surface area contributed by atoms with Gasteiger partial charge in [0.05, 0.1) is 0 Å². The second-order valence-electron chi connectivity index (χ2n) is 6.08. The summed E-state index contributed by atoms with van der Waals surface area (Å²) in [6, 6.07) is 17.6. The second kappa shape index (κ2) is 9.52. The molecular weight excluding hydrogens is 392 g/mol. The number of amides is 1. The van der Waals surface area contributed by atoms with Gasteiger partial charge in [-0.2, -0.15) is 0 Å². The van der Waals surface area contributed by atoms with Gasteiger partial charge in [-0.05, 0) is 24.0 Å². The highest BCUT2D eigenvalue weighted by molar-refractivity contribution is 7.98. The lowest BCUT2D eigenvalue weighted by Gasteiger charge is -2.17. The van der Waals surface area contributed by atoms with Crippen molar-refractivity contribution in [1.82, 2.24) is 9.88 Å². The van der Waals surface area contributed by atoms with E-state index in [1.165, 1.54) is 21.1 Å². The Morgan fingerprint density at radius 2 is 1.82 bits per heavy atom. The molecule has 1 amide bonds. The Bertz CT molecular complexity index is 940. The van der Waals surface area contributed by atoms with Crippen molar-refractivity contribution in [3.05, 3.63) is 71.2 Å². The topological polar surface area (TPSA) is 59.5 Å². The van der Waals surface area contributed by atoms with Gasteiger partial charge >= 0.3 is 5.97 Å². The van der Waals surface area contributed by atoms with E-state index in [4.69, 9.17) is 4.74 Å². The summed E-state index contributed by atoms with van der Waals surface area (Å²) in [7, 11) is 1.69. The zero-order valence-corrected chi connectivity index (χ0v) is 17.3. The summed E-state index contributed by atoms with van der Waals surface area (Å²) in [6.07, 6.45) is 2.02. The number of hydrogen-bond acceptors (Lipinski definition) is 6. The van der Waals surface area contributed by atoms with Crippen molar-refractivity contribution < 1.29 is 14.3 Å². The molecule has 0 unspecified atom stereocenters. The maximum Gasteiger partial charge on any atom is 0.358 e. The average molecular weight is 413 g/mol. The van der Waals surface area contributed by atoms with E-state index in [0.717, 1.165) is 16.1 Å². The predicted molar refractivity (Wildman–Crippen MR) is 113 cm³/mol. The Hall–Kier alpha value is -2.64. The van der Waals surface area contributed by atoms with Crippen molar-refractivity contribution in [3.63, 3.8) is 0 Å². The zero-order valence-electron chi connectivity index (χ0n) is 15.6. The van der Waals surface area contributed by atoms with Gasteiger partial charge in [0.2, 0.25) is 0 Å². The molecule has 0 aliphatic heterocycles. The average Bonchev–Trinajstić information content (AvgIpc) is 3.23. The van der Waals surface area contributed by atoms with Gasteiger partial charge in [0, 0.05) is 29.4 Å². The Morgan fingerprint density at radius 3 is 2.50 bits per heavy atom. The van der Waals surface area contributed by atoms with Gasteiger partial charge in [-0.15, -0.1) is 23.1 Å². The molecule has 28 heavy (non-hydrogen) atoms. The Balaban J connectivity index is 1.52. The number of hydrogen-bond donors (Lipinski definition) is 0. The second-order valence-corrected chi connectivity index (χ2v) is 7.82. The molecular formula is C21H20N2O3S2. The zero-order chi connectivity index (χ0) is 19.9. The number of carbonyl (C=O) groups is 2. The molecule has 0 N–H and O–H groups in total. The smallest absolute Gasteiger partial charge is 0.358 e. The SMILES string of the molecule is CSc1ccc(CN(C)C(=O)COC(=O)c2csc(-c3ccccc3)n2)cc1. The molecule has 0 atom stereocenters. The van der Waals surface area contributed by atoms with Crippen molar-refractivity contribution in [2.45, 2.75) is 11.4 Å². The van der Waals surface area contributed by atoms with Gasteiger partial charge in [-0.25, -0.2) is 9.78 Å². The summed E-state index contributed by atoms with van der Waals surface area (Å²) in [6.45, 7) is 0.149. The first-order chi connectivity index (χ1) is 13.6. The van der Waals surface area contributed by atoms with Crippen LogP contribution < -0.4 is 0 Å². The highest BCUT2D eigenvalue weighted by Gasteiger charge is 2.17. The van der Waals surface area contributed by atoms with Crippen LogP contribution in [0.3, 0.4) is 0 Å². The summed E-state index contributed by atoms with van der Waals surface area (Å²) in [5.41, 5.74) is 2.17. The van der Waals surface area contributed by atoms with Crippen LogP contribution in [0, 0.1) is 0 Å². The quantitative estimate of drug-likeness (QED) is 0.427. The molecule has 144 valence electrons. The normalized spacial score (nSPS) is 10.5. The molecule has 1 aromatic heterocycles. The van der Waals surface area contributed by atoms with Crippen molar-refractivity contribution in [3.8, 4) is 10.6 Å². The highest BCUT2D eigenvalue weighted by atomic mass is 32.2. The van der Waals surface area contributed by atoms with Gasteiger partial charge < -0.3 is 9.64 Å². The summed E-state index contributed by atoms with van der Waals surface area (Å²) in [5.74, 6) is -0.856. The summed E-state index contributed by atoms with van der Waals surface area (Å²) < 4.78 is 5.15. The number of thioether (sulfide) groups is 1. The van der Waals surface area contributed by atoms with E-state index in [1.807, 2.05) is 60.9 Å². The molecule has 0 bridgehead atoms. The van der Waals surface area contributed by atoms with Crippen LogP contribution in [0.15, 0.2) is 64.9 Å². The lowest BCUT2D eigenvalue weighted by Crippen LogP contribution is -2.30. The van der Waals surface area contributed by atoms with Gasteiger partial charge in [0.1, 0.15) is 5.01 Å². The third-order valence-electron chi connectivity index (χ3n) is 4.07. The lowest BCUT2D eigenvalue weighted by molar-refractivity contribution is -0.133. The lowest BCUT2D eigenvalue weighted by atomic mass is 10.2. The highest BCUT2D eigenvalue weighted by Crippen LogP contribution is 2.23. The minimum Gasteiger partial charge on any atom is -0.451 e. The molecule has 7 heteroatoms. The van der Waals surface area contributed by atoms with Crippen molar-refractivity contribution in [2.24, 2.45) is 0 Å². The molecule has 0 saturated heterocycles. The van der Waals surface area contributed by atoms with Crippen LogP contribution in [0.2, 0.25) is 0 Å². The van der Waals surface area contributed by atoms with E-state index in [1.54, 1.807) is 24.2 Å². The molecule has 0 saturated carbocycles. The molecule has 0 spiro atoms. The predicted octanol–water partition coefficient (Wildman–Crippen LogP) is 4.35. The van der Waals surface area contributed by atoms with Crippen LogP contribution in [0.5, 0.6) is 0 Å². The molecule has 0 fully saturated rings. The number of rotatable bonds is 7. The molecule has 0 radical (unpaired) electrons. The number of benzene rings is 2. The fraction of sp³-hybridized carbons (Fsp3) is 0.190. The summed E-state index contributed by atoms with van der Waals surface area (Å²) in [4.78, 5) is 31.5. The summed E-state index contributed by atoms with van der Waals surface area (Å²) >= 11 is 3.04. The van der Waals surface area contributed by atoms with Crippen LogP contribution in [-0.2, 0) is 16.1 Å². The van der Waals surface area contributed by atoms with Crippen LogP contribution in [-0.4, -0.2) is 41.7 Å². The summed E-state index contributed by atoms with van der Waals surface area (Å²) in [5, 5.41) is 2.39. The third-order valence-corrected chi connectivity index (χ3v) is 5.70. The van der Waals surface area contributed by atoms with Crippen LogP contribution in [0.25, 0.3) is 10.6 Å². The van der Waals surface area contributed by atoms with E-state index in [9.17, 15) is 9.59 Å². The van der Waals surface area contributed by atoms with E-state index in [-0.39, 0.29) is 18.2 Å². The minimum atomic E-state index is -0.593. The number of likely N-dealkylation sites (N-methyl/N-ethyl adjacent to an activating group) is 1. The molecule has 3 aromatic rings. The van der Waals surface area contributed by atoms with E-state index < -0.39 is 5.97 Å². The van der Waals surface area contributed by atoms with E-state index in [2.05, 4.69) is 4.98 Å². The Labute approximate surface area is 172 Å². The molecule has 2 aromatic carbocycles. The van der Waals surface area contributed by atoms with E-state index in [0.29, 0.717) is 6.54 Å². The molecule has 3 rings (SSSR count). The van der Waals surface area contributed by atoms with Crippen LogP contribution >= 0.6 is 23.1 Å². The number of thiazole rings is 1. The molecule has 0 aliphatic carbocycles. The van der Waals surface area contributed by atoms with E-state index >= 15 is 0 Å². The number of ether oxygens (including phenoxy) is 1. The fourth-order valence-corrected chi connectivity index (χ4v) is 3.69. The van der Waals surface area contributed by atoms with Gasteiger partial charge in [-0.1, -0.05) is 42.5 Å². The molecule has 1 heterocycles. The third kappa shape index (κ3) is 5.21. The van der Waals surface area contributed by atoms with Gasteiger partial charge in [0.25, 0.3) is 5.91 Å². The van der Waals surface area contributed by atoms with Crippen molar-refractivity contribution in [2.75, 3.05) is 19.9 Å². The fourth-order valence-electron chi connectivity index (χ4n) is 2.49. The molecule has 5 nitrogen and oxygen atoms in total.